The number of nitrogens with zero attached hydrogens (tertiary/aromatic N) is 1. The van der Waals surface area contributed by atoms with Crippen LogP contribution in [0.4, 0.5) is 11.4 Å². The van der Waals surface area contributed by atoms with Crippen LogP contribution >= 0.6 is 0 Å². The van der Waals surface area contributed by atoms with Gasteiger partial charge in [0, 0.05) is 12.6 Å². The molecule has 1 aromatic carbocycles. The third-order valence-electron chi connectivity index (χ3n) is 5.25. The maximum Gasteiger partial charge on any atom is 0.238 e. The summed E-state index contributed by atoms with van der Waals surface area (Å²) in [7, 11) is 0. The Balaban J connectivity index is 1.67. The summed E-state index contributed by atoms with van der Waals surface area (Å²) in [5, 5.41) is 2.74. The number of fused-ring (bicyclic) bond motifs is 5. The first-order valence-electron chi connectivity index (χ1n) is 7.92. The Morgan fingerprint density at radius 1 is 1.13 bits per heavy atom. The van der Waals surface area contributed by atoms with E-state index in [9.17, 15) is 14.4 Å². The second kappa shape index (κ2) is 4.78. The summed E-state index contributed by atoms with van der Waals surface area (Å²) in [6, 6.07) is 5.26. The normalized spacial score (nSPS) is 31.0. The first-order chi connectivity index (χ1) is 11.0. The lowest BCUT2D eigenvalue weighted by molar-refractivity contribution is -0.123. The number of hydrogen-bond donors (Lipinski definition) is 1. The molecular weight excluding hydrogens is 292 g/mol. The number of anilines is 2. The van der Waals surface area contributed by atoms with Gasteiger partial charge >= 0.3 is 0 Å². The third-order valence-corrected chi connectivity index (χ3v) is 5.25. The molecule has 0 radical (unpaired) electrons. The minimum Gasteiger partial charge on any atom is -0.326 e. The standard InChI is InChI=1S/C18H18N2O3/c1-9-7-13(5-6-14(9)19-10(2)21)20-17(22)15-11-3-4-12(8-11)16(15)18(20)23/h3-7,11-12,15-16H,8H2,1-2H3,(H,19,21)/t11-,12+,15-,16+. The predicted molar refractivity (Wildman–Crippen MR) is 85.7 cm³/mol. The molecule has 2 bridgehead atoms. The Bertz CT molecular complexity index is 738. The minimum atomic E-state index is -0.187. The summed E-state index contributed by atoms with van der Waals surface area (Å²) in [5.74, 6) is -0.253. The molecule has 5 nitrogen and oxygen atoms in total. The molecule has 1 saturated heterocycles. The highest BCUT2D eigenvalue weighted by molar-refractivity contribution is 6.22. The van der Waals surface area contributed by atoms with Gasteiger partial charge in [0.2, 0.25) is 17.7 Å². The molecule has 23 heavy (non-hydrogen) atoms. The van der Waals surface area contributed by atoms with E-state index in [-0.39, 0.29) is 41.4 Å². The van der Waals surface area contributed by atoms with E-state index < -0.39 is 0 Å². The zero-order chi connectivity index (χ0) is 16.3. The lowest BCUT2D eigenvalue weighted by Crippen LogP contribution is -2.32. The van der Waals surface area contributed by atoms with Crippen LogP contribution in [-0.4, -0.2) is 17.7 Å². The monoisotopic (exact) mass is 310 g/mol. The van der Waals surface area contributed by atoms with E-state index in [1.807, 2.05) is 6.92 Å². The van der Waals surface area contributed by atoms with Crippen molar-refractivity contribution in [1.29, 1.82) is 0 Å². The molecule has 4 rings (SSSR count). The molecule has 1 saturated carbocycles. The molecule has 1 aromatic rings. The van der Waals surface area contributed by atoms with E-state index in [1.54, 1.807) is 18.2 Å². The fourth-order valence-electron chi connectivity index (χ4n) is 4.27. The van der Waals surface area contributed by atoms with Gasteiger partial charge in [-0.1, -0.05) is 12.2 Å². The van der Waals surface area contributed by atoms with Gasteiger partial charge in [-0.3, -0.25) is 19.3 Å². The van der Waals surface area contributed by atoms with Crippen LogP contribution in [0.2, 0.25) is 0 Å². The summed E-state index contributed by atoms with van der Waals surface area (Å²) in [4.78, 5) is 38.1. The van der Waals surface area contributed by atoms with Gasteiger partial charge in [0.1, 0.15) is 0 Å². The Morgan fingerprint density at radius 2 is 1.74 bits per heavy atom. The molecular formula is C18H18N2O3. The highest BCUT2D eigenvalue weighted by Crippen LogP contribution is 2.53. The zero-order valence-corrected chi connectivity index (χ0v) is 13.1. The van der Waals surface area contributed by atoms with Crippen LogP contribution in [0, 0.1) is 30.6 Å². The first-order valence-corrected chi connectivity index (χ1v) is 7.92. The van der Waals surface area contributed by atoms with E-state index in [1.165, 1.54) is 11.8 Å². The third kappa shape index (κ3) is 1.96. The van der Waals surface area contributed by atoms with E-state index >= 15 is 0 Å². The van der Waals surface area contributed by atoms with E-state index in [0.29, 0.717) is 11.4 Å². The van der Waals surface area contributed by atoms with E-state index in [0.717, 1.165) is 12.0 Å². The molecule has 118 valence electrons. The van der Waals surface area contributed by atoms with Crippen molar-refractivity contribution in [3.8, 4) is 0 Å². The van der Waals surface area contributed by atoms with Crippen molar-refractivity contribution in [2.24, 2.45) is 23.7 Å². The summed E-state index contributed by atoms with van der Waals surface area (Å²) < 4.78 is 0. The van der Waals surface area contributed by atoms with Crippen molar-refractivity contribution < 1.29 is 14.4 Å². The highest BCUT2D eigenvalue weighted by Gasteiger charge is 2.59. The van der Waals surface area contributed by atoms with Crippen molar-refractivity contribution in [3.63, 3.8) is 0 Å². The number of imide groups is 1. The van der Waals surface area contributed by atoms with Gasteiger partial charge in [-0.05, 0) is 48.9 Å². The van der Waals surface area contributed by atoms with Crippen molar-refractivity contribution in [2.45, 2.75) is 20.3 Å². The molecule has 0 unspecified atom stereocenters. The summed E-state index contributed by atoms with van der Waals surface area (Å²) >= 11 is 0. The van der Waals surface area contributed by atoms with Gasteiger partial charge in [-0.2, -0.15) is 0 Å². The molecule has 0 aromatic heterocycles. The van der Waals surface area contributed by atoms with Crippen molar-refractivity contribution >= 4 is 29.1 Å². The van der Waals surface area contributed by atoms with Crippen LogP contribution in [0.15, 0.2) is 30.4 Å². The lowest BCUT2D eigenvalue weighted by Gasteiger charge is -2.19. The predicted octanol–water partition coefficient (Wildman–Crippen LogP) is 2.26. The maximum atomic E-state index is 12.8. The molecule has 5 heteroatoms. The number of hydrogen-bond acceptors (Lipinski definition) is 3. The molecule has 0 spiro atoms. The van der Waals surface area contributed by atoms with Crippen molar-refractivity contribution in [1.82, 2.24) is 0 Å². The summed E-state index contributed by atoms with van der Waals surface area (Å²) in [6.07, 6.45) is 5.11. The van der Waals surface area contributed by atoms with Crippen LogP contribution in [0.25, 0.3) is 0 Å². The van der Waals surface area contributed by atoms with Crippen LogP contribution in [-0.2, 0) is 14.4 Å². The molecule has 1 N–H and O–H groups in total. The molecule has 2 aliphatic carbocycles. The van der Waals surface area contributed by atoms with Crippen LogP contribution < -0.4 is 10.2 Å². The van der Waals surface area contributed by atoms with Gasteiger partial charge in [0.15, 0.2) is 0 Å². The molecule has 2 fully saturated rings. The summed E-state index contributed by atoms with van der Waals surface area (Å²) in [6.45, 7) is 3.30. The van der Waals surface area contributed by atoms with Crippen molar-refractivity contribution in [3.05, 3.63) is 35.9 Å². The van der Waals surface area contributed by atoms with Gasteiger partial charge in [-0.15, -0.1) is 0 Å². The number of benzene rings is 1. The number of aryl methyl sites for hydroxylation is 1. The highest BCUT2D eigenvalue weighted by atomic mass is 16.2. The quantitative estimate of drug-likeness (QED) is 0.673. The topological polar surface area (TPSA) is 66.5 Å². The number of allylic oxidation sites excluding steroid dienone is 2. The Hall–Kier alpha value is -2.43. The second-order valence-electron chi connectivity index (χ2n) is 6.69. The van der Waals surface area contributed by atoms with Crippen molar-refractivity contribution in [2.75, 3.05) is 10.2 Å². The van der Waals surface area contributed by atoms with Crippen LogP contribution in [0.5, 0.6) is 0 Å². The van der Waals surface area contributed by atoms with E-state index in [2.05, 4.69) is 17.5 Å². The minimum absolute atomic E-state index is 0.0801. The number of carbonyl (C=O) groups excluding carboxylic acids is 3. The number of amides is 3. The van der Waals surface area contributed by atoms with Gasteiger partial charge in [0.25, 0.3) is 0 Å². The largest absolute Gasteiger partial charge is 0.326 e. The fourth-order valence-corrected chi connectivity index (χ4v) is 4.27. The van der Waals surface area contributed by atoms with Gasteiger partial charge in [-0.25, -0.2) is 0 Å². The van der Waals surface area contributed by atoms with Gasteiger partial charge in [0.05, 0.1) is 17.5 Å². The second-order valence-corrected chi connectivity index (χ2v) is 6.69. The Labute approximate surface area is 134 Å². The molecule has 3 amide bonds. The fraction of sp³-hybridized carbons (Fsp3) is 0.389. The smallest absolute Gasteiger partial charge is 0.238 e. The molecule has 3 aliphatic rings. The molecule has 1 heterocycles. The van der Waals surface area contributed by atoms with Crippen LogP contribution in [0.1, 0.15) is 18.9 Å². The SMILES string of the molecule is CC(=O)Nc1ccc(N2C(=O)[C@@H]3[C@H](C2=O)[C@@H]2C=C[C@H]3C2)cc1C. The average Bonchev–Trinajstić information content (AvgIpc) is 3.15. The van der Waals surface area contributed by atoms with E-state index in [4.69, 9.17) is 0 Å². The number of rotatable bonds is 2. The first kappa shape index (κ1) is 14.2. The molecule has 4 atom stereocenters. The zero-order valence-electron chi connectivity index (χ0n) is 13.1. The van der Waals surface area contributed by atoms with Crippen LogP contribution in [0.3, 0.4) is 0 Å². The molecule has 1 aliphatic heterocycles. The average molecular weight is 310 g/mol. The summed E-state index contributed by atoms with van der Waals surface area (Å²) in [5.41, 5.74) is 2.12. The Morgan fingerprint density at radius 3 is 2.26 bits per heavy atom. The van der Waals surface area contributed by atoms with Gasteiger partial charge < -0.3 is 5.32 Å². The lowest BCUT2D eigenvalue weighted by atomic mass is 9.85. The number of carbonyl (C=O) groups is 3. The Kier molecular flexibility index (Phi) is 2.95. The number of nitrogens with one attached hydrogen (secondary N) is 1. The maximum absolute atomic E-state index is 12.8.